The summed E-state index contributed by atoms with van der Waals surface area (Å²) in [5.41, 5.74) is 1.08. The molecule has 0 saturated heterocycles. The number of ether oxygens (including phenoxy) is 2. The van der Waals surface area contributed by atoms with Crippen molar-refractivity contribution < 1.29 is 9.47 Å². The molecule has 2 rings (SSSR count). The van der Waals surface area contributed by atoms with Gasteiger partial charge in [-0.2, -0.15) is 0 Å². The zero-order valence-corrected chi connectivity index (χ0v) is 18.1. The second-order valence-electron chi connectivity index (χ2n) is 6.10. The molecule has 1 aliphatic carbocycles. The number of hydrogen-bond acceptors (Lipinski definition) is 3. The number of aliphatic imine (C=N–C) groups is 1. The van der Waals surface area contributed by atoms with Gasteiger partial charge in [-0.25, -0.2) is 0 Å². The summed E-state index contributed by atoms with van der Waals surface area (Å²) in [6.07, 6.45) is 2.66. The first-order valence-electron chi connectivity index (χ1n) is 8.50. The molecule has 5 nitrogen and oxygen atoms in total. The van der Waals surface area contributed by atoms with E-state index in [1.54, 1.807) is 7.05 Å². The Kier molecular flexibility index (Phi) is 11.4. The smallest absolute Gasteiger partial charge is 0.193 e. The summed E-state index contributed by atoms with van der Waals surface area (Å²) in [7, 11) is 3.80. The van der Waals surface area contributed by atoms with Crippen LogP contribution in [0.15, 0.2) is 29.3 Å². The maximum absolute atomic E-state index is 5.95. The van der Waals surface area contributed by atoms with E-state index in [0.717, 1.165) is 42.2 Å². The van der Waals surface area contributed by atoms with E-state index in [2.05, 4.69) is 15.2 Å². The summed E-state index contributed by atoms with van der Waals surface area (Å²) in [4.78, 5) is 6.36. The predicted octanol–water partition coefficient (Wildman–Crippen LogP) is 3.41. The lowest BCUT2D eigenvalue weighted by molar-refractivity contribution is 0.113. The average Bonchev–Trinajstić information content (AvgIpc) is 3.39. The first kappa shape index (κ1) is 22.5. The van der Waals surface area contributed by atoms with Gasteiger partial charge in [-0.1, -0.05) is 23.7 Å². The van der Waals surface area contributed by atoms with E-state index in [0.29, 0.717) is 19.8 Å². The maximum Gasteiger partial charge on any atom is 0.193 e. The highest BCUT2D eigenvalue weighted by Crippen LogP contribution is 2.28. The van der Waals surface area contributed by atoms with E-state index < -0.39 is 0 Å². The fourth-order valence-electron chi connectivity index (χ4n) is 2.28. The van der Waals surface area contributed by atoms with Crippen molar-refractivity contribution >= 4 is 41.5 Å². The van der Waals surface area contributed by atoms with Gasteiger partial charge in [0.1, 0.15) is 0 Å². The van der Waals surface area contributed by atoms with Gasteiger partial charge in [0.25, 0.3) is 0 Å². The van der Waals surface area contributed by atoms with Crippen LogP contribution in [0, 0.1) is 5.92 Å². The highest BCUT2D eigenvalue weighted by molar-refractivity contribution is 14.0. The number of likely N-dealkylation sites (N-methyl/N-ethyl adjacent to an activating group) is 1. The van der Waals surface area contributed by atoms with Crippen molar-refractivity contribution in [2.24, 2.45) is 10.9 Å². The normalized spacial score (nSPS) is 14.1. The number of benzene rings is 1. The van der Waals surface area contributed by atoms with Crippen molar-refractivity contribution in [3.8, 4) is 0 Å². The van der Waals surface area contributed by atoms with E-state index in [1.165, 1.54) is 12.8 Å². The molecule has 1 aliphatic rings. The molecular weight excluding hydrogens is 453 g/mol. The lowest BCUT2D eigenvalue weighted by atomic mass is 10.2. The third-order valence-corrected chi connectivity index (χ3v) is 4.12. The van der Waals surface area contributed by atoms with Gasteiger partial charge < -0.3 is 19.7 Å². The van der Waals surface area contributed by atoms with Gasteiger partial charge in [-0.15, -0.1) is 24.0 Å². The Hall–Kier alpha value is -0.570. The molecule has 0 aliphatic heterocycles. The number of nitrogens with zero attached hydrogens (tertiary/aromatic N) is 2. The maximum atomic E-state index is 5.95. The van der Waals surface area contributed by atoms with E-state index in [4.69, 9.17) is 21.1 Å². The third kappa shape index (κ3) is 9.63. The van der Waals surface area contributed by atoms with E-state index in [1.807, 2.05) is 31.3 Å². The van der Waals surface area contributed by atoms with Crippen LogP contribution in [0.4, 0.5) is 0 Å². The monoisotopic (exact) mass is 481 g/mol. The Morgan fingerprint density at radius 3 is 2.80 bits per heavy atom. The van der Waals surface area contributed by atoms with E-state index >= 15 is 0 Å². The van der Waals surface area contributed by atoms with Crippen molar-refractivity contribution in [2.45, 2.75) is 19.4 Å². The van der Waals surface area contributed by atoms with Crippen molar-refractivity contribution in [1.82, 2.24) is 10.2 Å². The first-order chi connectivity index (χ1) is 11.7. The van der Waals surface area contributed by atoms with Crippen LogP contribution in [0.3, 0.4) is 0 Å². The summed E-state index contributed by atoms with van der Waals surface area (Å²) in [6, 6.07) is 7.72. The second-order valence-corrected chi connectivity index (χ2v) is 6.53. The topological polar surface area (TPSA) is 46.1 Å². The molecular formula is C18H29ClIN3O2. The number of halogens is 2. The van der Waals surface area contributed by atoms with Crippen LogP contribution in [-0.4, -0.2) is 57.9 Å². The number of nitrogens with one attached hydrogen (secondary N) is 1. The molecule has 1 fully saturated rings. The summed E-state index contributed by atoms with van der Waals surface area (Å²) in [6.45, 7) is 4.34. The standard InChI is InChI=1S/C18H28ClN3O2.HI/c1-20-18(22(2)9-11-24-13-15-6-7-15)21-8-10-23-14-16-4-3-5-17(19)12-16;/h3-5,12,15H,6-11,13-14H2,1-2H3,(H,20,21);1H. The zero-order chi connectivity index (χ0) is 17.2. The Morgan fingerprint density at radius 1 is 1.32 bits per heavy atom. The van der Waals surface area contributed by atoms with Crippen molar-refractivity contribution in [3.63, 3.8) is 0 Å². The molecule has 1 aromatic rings. The van der Waals surface area contributed by atoms with E-state index in [9.17, 15) is 0 Å². The molecule has 7 heteroatoms. The SMILES string of the molecule is CN=C(NCCOCc1cccc(Cl)c1)N(C)CCOCC1CC1.I. The van der Waals surface area contributed by atoms with Gasteiger partial charge in [-0.05, 0) is 36.5 Å². The molecule has 0 spiro atoms. The van der Waals surface area contributed by atoms with Crippen LogP contribution in [0.25, 0.3) is 0 Å². The Labute approximate surface area is 173 Å². The van der Waals surface area contributed by atoms with Crippen molar-refractivity contribution in [3.05, 3.63) is 34.9 Å². The highest BCUT2D eigenvalue weighted by atomic mass is 127. The average molecular weight is 482 g/mol. The van der Waals surface area contributed by atoms with Crippen molar-refractivity contribution in [2.75, 3.05) is 47.0 Å². The fraction of sp³-hybridized carbons (Fsp3) is 0.611. The van der Waals surface area contributed by atoms with Gasteiger partial charge >= 0.3 is 0 Å². The van der Waals surface area contributed by atoms with Gasteiger partial charge in [0.2, 0.25) is 0 Å². The number of rotatable bonds is 10. The minimum absolute atomic E-state index is 0. The van der Waals surface area contributed by atoms with Crippen molar-refractivity contribution in [1.29, 1.82) is 0 Å². The summed E-state index contributed by atoms with van der Waals surface area (Å²) >= 11 is 5.95. The van der Waals surface area contributed by atoms with Gasteiger partial charge in [-0.3, -0.25) is 4.99 Å². The van der Waals surface area contributed by atoms with Crippen LogP contribution in [0.1, 0.15) is 18.4 Å². The molecule has 0 atom stereocenters. The number of hydrogen-bond donors (Lipinski definition) is 1. The minimum atomic E-state index is 0. The summed E-state index contributed by atoms with van der Waals surface area (Å²) < 4.78 is 11.3. The van der Waals surface area contributed by atoms with Gasteiger partial charge in [0.05, 0.1) is 19.8 Å². The van der Waals surface area contributed by atoms with Crippen LogP contribution in [-0.2, 0) is 16.1 Å². The molecule has 1 N–H and O–H groups in total. The Balaban J connectivity index is 0.00000312. The molecule has 25 heavy (non-hydrogen) atoms. The minimum Gasteiger partial charge on any atom is -0.379 e. The quantitative estimate of drug-likeness (QED) is 0.241. The van der Waals surface area contributed by atoms with Crippen LogP contribution >= 0.6 is 35.6 Å². The number of guanidine groups is 1. The molecule has 0 unspecified atom stereocenters. The fourth-order valence-corrected chi connectivity index (χ4v) is 2.49. The van der Waals surface area contributed by atoms with Crippen LogP contribution in [0.5, 0.6) is 0 Å². The van der Waals surface area contributed by atoms with E-state index in [-0.39, 0.29) is 24.0 Å². The summed E-state index contributed by atoms with van der Waals surface area (Å²) in [5.74, 6) is 1.67. The predicted molar refractivity (Wildman–Crippen MR) is 114 cm³/mol. The Morgan fingerprint density at radius 2 is 2.12 bits per heavy atom. The lowest BCUT2D eigenvalue weighted by Crippen LogP contribution is -2.41. The first-order valence-corrected chi connectivity index (χ1v) is 8.88. The molecule has 0 amide bonds. The molecule has 142 valence electrons. The zero-order valence-electron chi connectivity index (χ0n) is 15.0. The molecule has 1 aromatic carbocycles. The van der Waals surface area contributed by atoms with Crippen LogP contribution < -0.4 is 5.32 Å². The van der Waals surface area contributed by atoms with Gasteiger partial charge in [0.15, 0.2) is 5.96 Å². The summed E-state index contributed by atoms with van der Waals surface area (Å²) in [5, 5.41) is 4.03. The second kappa shape index (κ2) is 12.7. The van der Waals surface area contributed by atoms with Crippen LogP contribution in [0.2, 0.25) is 5.02 Å². The molecule has 1 saturated carbocycles. The highest BCUT2D eigenvalue weighted by Gasteiger charge is 2.21. The molecule has 0 aromatic heterocycles. The third-order valence-electron chi connectivity index (χ3n) is 3.88. The lowest BCUT2D eigenvalue weighted by Gasteiger charge is -2.22. The molecule has 0 bridgehead atoms. The molecule has 0 radical (unpaired) electrons. The Bertz CT molecular complexity index is 527. The van der Waals surface area contributed by atoms with Gasteiger partial charge in [0, 0.05) is 38.8 Å². The largest absolute Gasteiger partial charge is 0.379 e. The molecule has 0 heterocycles.